The van der Waals surface area contributed by atoms with Crippen LogP contribution in [0.2, 0.25) is 0 Å². The van der Waals surface area contributed by atoms with Gasteiger partial charge in [-0.2, -0.15) is 0 Å². The highest BCUT2D eigenvalue weighted by molar-refractivity contribution is 6.02. The van der Waals surface area contributed by atoms with Crippen molar-refractivity contribution in [3.63, 3.8) is 0 Å². The summed E-state index contributed by atoms with van der Waals surface area (Å²) in [4.78, 5) is 22.5. The van der Waals surface area contributed by atoms with Crippen LogP contribution in [0.25, 0.3) is 6.08 Å². The van der Waals surface area contributed by atoms with Crippen LogP contribution in [-0.4, -0.2) is 23.5 Å². The molecule has 0 saturated carbocycles. The molecule has 7 heteroatoms. The third kappa shape index (κ3) is 4.44. The quantitative estimate of drug-likeness (QED) is 0.473. The van der Waals surface area contributed by atoms with Crippen LogP contribution in [0.4, 0.5) is 11.4 Å². The summed E-state index contributed by atoms with van der Waals surface area (Å²) in [5, 5.41) is 13.4. The fourth-order valence-corrected chi connectivity index (χ4v) is 2.91. The van der Waals surface area contributed by atoms with Crippen molar-refractivity contribution in [2.45, 2.75) is 26.4 Å². The molecular formula is C20H20N2O5. The second-order valence-corrected chi connectivity index (χ2v) is 6.19. The number of carbonyl (C=O) groups excluding carboxylic acids is 1. The Bertz CT molecular complexity index is 907. The van der Waals surface area contributed by atoms with Crippen LogP contribution in [0.1, 0.15) is 25.0 Å². The zero-order chi connectivity index (χ0) is 19.4. The van der Waals surface area contributed by atoms with Gasteiger partial charge in [-0.25, -0.2) is 0 Å². The summed E-state index contributed by atoms with van der Waals surface area (Å²) in [6.07, 6.45) is 3.95. The van der Waals surface area contributed by atoms with Crippen LogP contribution < -0.4 is 14.8 Å². The molecule has 0 saturated heterocycles. The van der Waals surface area contributed by atoms with Gasteiger partial charge < -0.3 is 14.8 Å². The van der Waals surface area contributed by atoms with Gasteiger partial charge in [0.05, 0.1) is 11.5 Å². The van der Waals surface area contributed by atoms with Crippen molar-refractivity contribution in [3.8, 4) is 11.5 Å². The number of ether oxygens (including phenoxy) is 2. The molecule has 0 aromatic heterocycles. The summed E-state index contributed by atoms with van der Waals surface area (Å²) >= 11 is 0. The van der Waals surface area contributed by atoms with E-state index in [2.05, 4.69) is 5.32 Å². The lowest BCUT2D eigenvalue weighted by Gasteiger charge is -2.10. The summed E-state index contributed by atoms with van der Waals surface area (Å²) in [5.74, 6) is 1.09. The molecule has 27 heavy (non-hydrogen) atoms. The summed E-state index contributed by atoms with van der Waals surface area (Å²) in [6, 6.07) is 9.59. The highest BCUT2D eigenvalue weighted by Crippen LogP contribution is 2.35. The van der Waals surface area contributed by atoms with E-state index in [4.69, 9.17) is 9.47 Å². The summed E-state index contributed by atoms with van der Waals surface area (Å²) in [5.41, 5.74) is 2.10. The number of benzene rings is 2. The predicted molar refractivity (Wildman–Crippen MR) is 102 cm³/mol. The third-order valence-electron chi connectivity index (χ3n) is 4.07. The van der Waals surface area contributed by atoms with Crippen LogP contribution in [0.3, 0.4) is 0 Å². The van der Waals surface area contributed by atoms with Gasteiger partial charge in [-0.05, 0) is 38.1 Å². The number of amides is 1. The Labute approximate surface area is 156 Å². The second-order valence-electron chi connectivity index (χ2n) is 6.19. The number of anilines is 1. The van der Waals surface area contributed by atoms with E-state index in [1.807, 2.05) is 26.0 Å². The van der Waals surface area contributed by atoms with Crippen molar-refractivity contribution in [1.82, 2.24) is 0 Å². The number of nitrogens with zero attached hydrogens (tertiary/aromatic N) is 1. The highest BCUT2D eigenvalue weighted by Gasteiger charge is 2.21. The molecule has 2 aromatic rings. The smallest absolute Gasteiger partial charge is 0.271 e. The van der Waals surface area contributed by atoms with E-state index in [1.54, 1.807) is 12.1 Å². The Hall–Kier alpha value is -3.35. The molecule has 3 rings (SSSR count). The molecule has 0 bridgehead atoms. The minimum atomic E-state index is -0.509. The van der Waals surface area contributed by atoms with E-state index < -0.39 is 10.8 Å². The lowest BCUT2D eigenvalue weighted by Crippen LogP contribution is -2.08. The van der Waals surface area contributed by atoms with Gasteiger partial charge in [0.25, 0.3) is 5.69 Å². The molecular weight excluding hydrogens is 348 g/mol. The Balaban J connectivity index is 1.77. The average molecular weight is 368 g/mol. The van der Waals surface area contributed by atoms with Crippen LogP contribution in [-0.2, 0) is 11.2 Å². The van der Waals surface area contributed by atoms with Crippen LogP contribution in [0, 0.1) is 10.1 Å². The zero-order valence-corrected chi connectivity index (χ0v) is 15.1. The minimum absolute atomic E-state index is 0.0831. The molecule has 1 N–H and O–H groups in total. The normalized spacial score (nSPS) is 15.3. The standard InChI is InChI=1S/C20H20N2O5/c1-3-26-18-11-15-9-13(2)27-19(15)10-14(18)7-8-20(23)21-16-5-4-6-17(12-16)22(24)25/h4-8,10-13H,3,9H2,1-2H3,(H,21,23)/b8-7+. The molecule has 1 unspecified atom stereocenters. The Morgan fingerprint density at radius 2 is 2.22 bits per heavy atom. The number of hydrogen-bond donors (Lipinski definition) is 1. The first-order chi connectivity index (χ1) is 13.0. The van der Waals surface area contributed by atoms with Crippen molar-refractivity contribution in [2.24, 2.45) is 0 Å². The highest BCUT2D eigenvalue weighted by atomic mass is 16.6. The Kier molecular flexibility index (Phi) is 5.40. The van der Waals surface area contributed by atoms with Crippen LogP contribution in [0.15, 0.2) is 42.5 Å². The largest absolute Gasteiger partial charge is 0.493 e. The van der Waals surface area contributed by atoms with Crippen molar-refractivity contribution in [1.29, 1.82) is 0 Å². The topological polar surface area (TPSA) is 90.7 Å². The Morgan fingerprint density at radius 1 is 1.41 bits per heavy atom. The lowest BCUT2D eigenvalue weighted by molar-refractivity contribution is -0.384. The molecule has 2 aromatic carbocycles. The van der Waals surface area contributed by atoms with Crippen molar-refractivity contribution in [3.05, 3.63) is 63.7 Å². The minimum Gasteiger partial charge on any atom is -0.493 e. The fraction of sp³-hybridized carbons (Fsp3) is 0.250. The maximum absolute atomic E-state index is 12.2. The van der Waals surface area contributed by atoms with Gasteiger partial charge in [-0.1, -0.05) is 6.07 Å². The molecule has 1 heterocycles. The Morgan fingerprint density at radius 3 is 2.96 bits per heavy atom. The van der Waals surface area contributed by atoms with Crippen LogP contribution >= 0.6 is 0 Å². The molecule has 0 aliphatic carbocycles. The van der Waals surface area contributed by atoms with E-state index in [9.17, 15) is 14.9 Å². The number of nitro benzene ring substituents is 1. The molecule has 0 fully saturated rings. The molecule has 0 radical (unpaired) electrons. The molecule has 7 nitrogen and oxygen atoms in total. The number of carbonyl (C=O) groups is 1. The fourth-order valence-electron chi connectivity index (χ4n) is 2.91. The van der Waals surface area contributed by atoms with Gasteiger partial charge >= 0.3 is 0 Å². The second kappa shape index (κ2) is 7.90. The van der Waals surface area contributed by atoms with Crippen molar-refractivity contribution in [2.75, 3.05) is 11.9 Å². The number of fused-ring (bicyclic) bond motifs is 1. The first kappa shape index (κ1) is 18.4. The lowest BCUT2D eigenvalue weighted by atomic mass is 10.1. The number of non-ortho nitro benzene ring substituents is 1. The number of nitro groups is 1. The number of hydrogen-bond acceptors (Lipinski definition) is 5. The van der Waals surface area contributed by atoms with Gasteiger partial charge in [-0.3, -0.25) is 14.9 Å². The molecule has 1 atom stereocenters. The van der Waals surface area contributed by atoms with Crippen LogP contribution in [0.5, 0.6) is 11.5 Å². The summed E-state index contributed by atoms with van der Waals surface area (Å²) in [7, 11) is 0. The zero-order valence-electron chi connectivity index (χ0n) is 15.1. The monoisotopic (exact) mass is 368 g/mol. The predicted octanol–water partition coefficient (Wildman–Crippen LogP) is 3.97. The van der Waals surface area contributed by atoms with Gasteiger partial charge in [0.2, 0.25) is 5.91 Å². The maximum atomic E-state index is 12.2. The van der Waals surface area contributed by atoms with Gasteiger partial charge in [0.1, 0.15) is 17.6 Å². The van der Waals surface area contributed by atoms with E-state index in [0.29, 0.717) is 18.0 Å². The average Bonchev–Trinajstić information content (AvgIpc) is 2.99. The first-order valence-corrected chi connectivity index (χ1v) is 8.66. The van der Waals surface area contributed by atoms with E-state index in [0.717, 1.165) is 23.3 Å². The number of rotatable bonds is 6. The SMILES string of the molecule is CCOc1cc2c(cc1/C=C/C(=O)Nc1cccc([N+](=O)[O-])c1)OC(C)C2. The molecule has 140 valence electrons. The van der Waals surface area contributed by atoms with Gasteiger partial charge in [0, 0.05) is 41.4 Å². The molecule has 1 aliphatic heterocycles. The molecule has 1 amide bonds. The molecule has 1 aliphatic rings. The third-order valence-corrected chi connectivity index (χ3v) is 4.07. The molecule has 0 spiro atoms. The van der Waals surface area contributed by atoms with E-state index in [1.165, 1.54) is 24.3 Å². The summed E-state index contributed by atoms with van der Waals surface area (Å²) < 4.78 is 11.4. The summed E-state index contributed by atoms with van der Waals surface area (Å²) in [6.45, 7) is 4.41. The number of nitrogens with one attached hydrogen (secondary N) is 1. The van der Waals surface area contributed by atoms with E-state index >= 15 is 0 Å². The van der Waals surface area contributed by atoms with Gasteiger partial charge in [-0.15, -0.1) is 0 Å². The maximum Gasteiger partial charge on any atom is 0.271 e. The van der Waals surface area contributed by atoms with Crippen molar-refractivity contribution < 1.29 is 19.2 Å². The first-order valence-electron chi connectivity index (χ1n) is 8.66. The van der Waals surface area contributed by atoms with Crippen molar-refractivity contribution >= 4 is 23.4 Å². The van der Waals surface area contributed by atoms with E-state index in [-0.39, 0.29) is 11.8 Å². The van der Waals surface area contributed by atoms with Gasteiger partial charge in [0.15, 0.2) is 0 Å².